The zero-order valence-corrected chi connectivity index (χ0v) is 16.4. The molecule has 1 saturated carbocycles. The molecule has 0 amide bonds. The Morgan fingerprint density at radius 2 is 1.56 bits per heavy atom. The quantitative estimate of drug-likeness (QED) is 0.484. The molecule has 1 atom stereocenters. The van der Waals surface area contributed by atoms with Crippen LogP contribution in [0.2, 0.25) is 0 Å². The average Bonchev–Trinajstić information content (AvgIpc) is 2.69. The number of benzene rings is 1. The van der Waals surface area contributed by atoms with Crippen LogP contribution in [0.3, 0.4) is 0 Å². The van der Waals surface area contributed by atoms with Gasteiger partial charge < -0.3 is 23.7 Å². The molecule has 1 aromatic carbocycles. The predicted octanol–water partition coefficient (Wildman–Crippen LogP) is 4.09. The first kappa shape index (κ1) is 20.7. The molecule has 27 heavy (non-hydrogen) atoms. The molecule has 0 N–H and O–H groups in total. The summed E-state index contributed by atoms with van der Waals surface area (Å²) in [6.45, 7) is 4.51. The highest BCUT2D eigenvalue weighted by Gasteiger charge is 2.30. The molecule has 3 rings (SSSR count). The fourth-order valence-electron chi connectivity index (χ4n) is 3.31. The van der Waals surface area contributed by atoms with Gasteiger partial charge in [0.15, 0.2) is 6.29 Å². The first-order valence-corrected chi connectivity index (χ1v) is 10.5. The van der Waals surface area contributed by atoms with E-state index in [4.69, 9.17) is 23.7 Å². The van der Waals surface area contributed by atoms with E-state index in [1.807, 2.05) is 18.2 Å². The van der Waals surface area contributed by atoms with Crippen LogP contribution in [-0.2, 0) is 30.3 Å². The van der Waals surface area contributed by atoms with Crippen LogP contribution in [0, 0.1) is 0 Å². The summed E-state index contributed by atoms with van der Waals surface area (Å²) in [6, 6.07) is 10.3. The van der Waals surface area contributed by atoms with Gasteiger partial charge in [-0.25, -0.2) is 0 Å². The highest BCUT2D eigenvalue weighted by molar-refractivity contribution is 5.13. The third kappa shape index (κ3) is 8.28. The molecule has 0 radical (unpaired) electrons. The smallest absolute Gasteiger partial charge is 0.157 e. The summed E-state index contributed by atoms with van der Waals surface area (Å²) in [4.78, 5) is 0. The van der Waals surface area contributed by atoms with E-state index in [0.717, 1.165) is 65.0 Å². The summed E-state index contributed by atoms with van der Waals surface area (Å²) < 4.78 is 28.6. The molecule has 5 nitrogen and oxygen atoms in total. The van der Waals surface area contributed by atoms with Crippen molar-refractivity contribution in [2.45, 2.75) is 70.1 Å². The van der Waals surface area contributed by atoms with Gasteiger partial charge in [-0.3, -0.25) is 0 Å². The van der Waals surface area contributed by atoms with Crippen molar-refractivity contribution in [2.75, 3.05) is 33.0 Å². The second-order valence-electron chi connectivity index (χ2n) is 7.37. The average molecular weight is 379 g/mol. The maximum Gasteiger partial charge on any atom is 0.157 e. The van der Waals surface area contributed by atoms with E-state index in [0.29, 0.717) is 25.4 Å². The van der Waals surface area contributed by atoms with Gasteiger partial charge in [0.1, 0.15) is 0 Å². The minimum atomic E-state index is 0.00938. The minimum absolute atomic E-state index is 0.00938. The molecule has 152 valence electrons. The van der Waals surface area contributed by atoms with Gasteiger partial charge >= 0.3 is 0 Å². The molecule has 1 saturated heterocycles. The van der Waals surface area contributed by atoms with Gasteiger partial charge in [-0.15, -0.1) is 0 Å². The van der Waals surface area contributed by atoms with Crippen LogP contribution in [0.15, 0.2) is 30.3 Å². The molecule has 0 spiro atoms. The molecular weight excluding hydrogens is 344 g/mol. The Labute approximate surface area is 163 Å². The highest BCUT2D eigenvalue weighted by Crippen LogP contribution is 2.27. The number of rotatable bonds is 13. The first-order valence-electron chi connectivity index (χ1n) is 10.5. The largest absolute Gasteiger partial charge is 0.381 e. The summed E-state index contributed by atoms with van der Waals surface area (Å²) in [7, 11) is 0. The fraction of sp³-hybridized carbons (Fsp3) is 0.727. The number of hydrogen-bond acceptors (Lipinski definition) is 5. The molecule has 1 aliphatic heterocycles. The van der Waals surface area contributed by atoms with Crippen LogP contribution in [0.4, 0.5) is 0 Å². The molecule has 1 unspecified atom stereocenters. The van der Waals surface area contributed by atoms with Crippen molar-refractivity contribution in [3.05, 3.63) is 35.9 Å². The molecule has 2 fully saturated rings. The van der Waals surface area contributed by atoms with Gasteiger partial charge in [0.25, 0.3) is 0 Å². The van der Waals surface area contributed by atoms with E-state index in [2.05, 4.69) is 12.1 Å². The third-order valence-corrected chi connectivity index (χ3v) is 5.04. The molecular formula is C22H34O5. The topological polar surface area (TPSA) is 46.2 Å². The van der Waals surface area contributed by atoms with Crippen molar-refractivity contribution in [1.29, 1.82) is 0 Å². The van der Waals surface area contributed by atoms with Crippen LogP contribution in [0.5, 0.6) is 0 Å². The second kappa shape index (κ2) is 12.5. The van der Waals surface area contributed by atoms with Crippen molar-refractivity contribution >= 4 is 0 Å². The molecule has 0 bridgehead atoms. The lowest BCUT2D eigenvalue weighted by Gasteiger charge is -2.35. The van der Waals surface area contributed by atoms with Crippen molar-refractivity contribution < 1.29 is 23.7 Å². The van der Waals surface area contributed by atoms with Crippen LogP contribution < -0.4 is 0 Å². The Balaban J connectivity index is 1.06. The SMILES string of the molecule is c1ccc(COC2CC(OCCCOCCCOC3CCCCO3)C2)cc1. The zero-order valence-electron chi connectivity index (χ0n) is 16.4. The summed E-state index contributed by atoms with van der Waals surface area (Å²) in [5, 5.41) is 0. The Morgan fingerprint density at radius 1 is 0.815 bits per heavy atom. The van der Waals surface area contributed by atoms with Crippen LogP contribution in [0.1, 0.15) is 50.5 Å². The van der Waals surface area contributed by atoms with Crippen molar-refractivity contribution in [3.8, 4) is 0 Å². The minimum Gasteiger partial charge on any atom is -0.381 e. The summed E-state index contributed by atoms with van der Waals surface area (Å²) in [6.07, 6.45) is 7.99. The number of hydrogen-bond donors (Lipinski definition) is 0. The molecule has 1 heterocycles. The molecule has 5 heteroatoms. The van der Waals surface area contributed by atoms with Gasteiger partial charge in [-0.05, 0) is 50.5 Å². The van der Waals surface area contributed by atoms with Crippen molar-refractivity contribution in [3.63, 3.8) is 0 Å². The van der Waals surface area contributed by atoms with E-state index < -0.39 is 0 Å². The maximum absolute atomic E-state index is 5.89. The molecule has 1 aromatic rings. The predicted molar refractivity (Wildman–Crippen MR) is 104 cm³/mol. The molecule has 0 aromatic heterocycles. The van der Waals surface area contributed by atoms with Crippen molar-refractivity contribution in [2.24, 2.45) is 0 Å². The Hall–Kier alpha value is -0.980. The zero-order chi connectivity index (χ0) is 18.6. The lowest BCUT2D eigenvalue weighted by Crippen LogP contribution is -2.37. The summed E-state index contributed by atoms with van der Waals surface area (Å²) in [5.74, 6) is 0. The second-order valence-corrected chi connectivity index (χ2v) is 7.37. The Morgan fingerprint density at radius 3 is 2.30 bits per heavy atom. The summed E-state index contributed by atoms with van der Waals surface area (Å²) in [5.41, 5.74) is 1.23. The van der Waals surface area contributed by atoms with Gasteiger partial charge in [0.05, 0.1) is 25.4 Å². The van der Waals surface area contributed by atoms with Crippen molar-refractivity contribution in [1.82, 2.24) is 0 Å². The third-order valence-electron chi connectivity index (χ3n) is 5.04. The standard InChI is InChI=1S/C22H34O5/c1-2-8-19(9-3-1)18-27-21-16-20(17-21)24-14-6-11-23-12-7-15-26-22-10-4-5-13-25-22/h1-3,8-9,20-22H,4-7,10-18H2. The normalized spacial score (nSPS) is 25.3. The fourth-order valence-corrected chi connectivity index (χ4v) is 3.31. The van der Waals surface area contributed by atoms with E-state index in [9.17, 15) is 0 Å². The van der Waals surface area contributed by atoms with E-state index in [1.165, 1.54) is 12.0 Å². The van der Waals surface area contributed by atoms with Gasteiger partial charge in [-0.2, -0.15) is 0 Å². The molecule has 1 aliphatic carbocycles. The van der Waals surface area contributed by atoms with Crippen LogP contribution in [0.25, 0.3) is 0 Å². The Bertz CT molecular complexity index is 483. The summed E-state index contributed by atoms with van der Waals surface area (Å²) >= 11 is 0. The van der Waals surface area contributed by atoms with E-state index in [1.54, 1.807) is 0 Å². The van der Waals surface area contributed by atoms with Gasteiger partial charge in [0.2, 0.25) is 0 Å². The lowest BCUT2D eigenvalue weighted by atomic mass is 9.92. The van der Waals surface area contributed by atoms with E-state index in [-0.39, 0.29) is 6.29 Å². The first-order chi connectivity index (χ1) is 13.4. The van der Waals surface area contributed by atoms with Crippen LogP contribution in [-0.4, -0.2) is 51.5 Å². The maximum atomic E-state index is 5.89. The van der Waals surface area contributed by atoms with E-state index >= 15 is 0 Å². The van der Waals surface area contributed by atoms with Crippen LogP contribution >= 0.6 is 0 Å². The highest BCUT2D eigenvalue weighted by atomic mass is 16.7. The monoisotopic (exact) mass is 378 g/mol. The number of ether oxygens (including phenoxy) is 5. The van der Waals surface area contributed by atoms with Gasteiger partial charge in [0, 0.05) is 26.4 Å². The van der Waals surface area contributed by atoms with Gasteiger partial charge in [-0.1, -0.05) is 30.3 Å². The Kier molecular flexibility index (Phi) is 9.58. The lowest BCUT2D eigenvalue weighted by molar-refractivity contribution is -0.164. The molecule has 2 aliphatic rings.